The lowest BCUT2D eigenvalue weighted by molar-refractivity contribution is 0.661. The molecule has 1 aromatic heterocycles. The smallest absolute Gasteiger partial charge is 0.143 e. The van der Waals surface area contributed by atoms with E-state index in [0.717, 1.165) is 33.1 Å². The van der Waals surface area contributed by atoms with Crippen LogP contribution in [0.2, 0.25) is 0 Å². The second kappa shape index (κ2) is 25.1. The molecule has 0 saturated carbocycles. The molecule has 0 atom stereocenters. The molecule has 0 aliphatic heterocycles. The zero-order chi connectivity index (χ0) is 72.6. The van der Waals surface area contributed by atoms with Gasteiger partial charge in [0.2, 0.25) is 0 Å². The van der Waals surface area contributed by atoms with Crippen LogP contribution in [0, 0.1) is 0 Å². The van der Waals surface area contributed by atoms with E-state index in [1.165, 1.54) is 187 Å². The minimum absolute atomic E-state index is 0.0335. The van der Waals surface area contributed by atoms with Crippen molar-refractivity contribution < 1.29 is 4.42 Å². The Hall–Kier alpha value is -13.5. The standard InChI is InChI=1S/C57H38O.C51H36/c1-57(2)51-30-29-39(33-49(51)50-32-37-13-3-4-14-38(37)34-52(50)57)35-25-27-36(28-26-35)54-44-18-5-7-20-46(44)55(47-21-8-6-19-45(47)54)41-16-11-15-40(31-41)42-22-12-23-48-43-17-9-10-24-53(43)58-56(42)48;1-51(2)47-28-27-39(31-45(47)46-30-37-15-6-7-16-38(37)32-48(46)51)34-23-25-35(26-24-34)49-41-19-8-10-21-43(41)50(44-22-11-9-20-42(44)49)40-18-12-17-36(29-40)33-13-4-3-5-14-33/h3-34H,1-2H3;3-32H,1-2H3. The van der Waals surface area contributed by atoms with Gasteiger partial charge in [0.15, 0.2) is 0 Å². The van der Waals surface area contributed by atoms with Crippen molar-refractivity contribution in [2.24, 2.45) is 0 Å². The topological polar surface area (TPSA) is 13.1 Å². The molecule has 1 heteroatoms. The van der Waals surface area contributed by atoms with E-state index in [4.69, 9.17) is 4.42 Å². The molecule has 0 amide bonds. The number of fused-ring (bicyclic) bond motifs is 15. The maximum Gasteiger partial charge on any atom is 0.143 e. The van der Waals surface area contributed by atoms with Crippen LogP contribution >= 0.6 is 0 Å². The molecule has 19 aromatic carbocycles. The van der Waals surface area contributed by atoms with Gasteiger partial charge in [0.1, 0.15) is 11.2 Å². The third kappa shape index (κ3) is 10.4. The summed E-state index contributed by atoms with van der Waals surface area (Å²) in [6.45, 7) is 9.45. The largest absolute Gasteiger partial charge is 0.455 e. The Morgan fingerprint density at radius 1 is 0.174 bits per heavy atom. The predicted molar refractivity (Wildman–Crippen MR) is 464 cm³/mol. The monoisotopic (exact) mass is 1390 g/mol. The fraction of sp³-hybridized carbons (Fsp3) is 0.0556. The molecule has 0 radical (unpaired) electrons. The van der Waals surface area contributed by atoms with Gasteiger partial charge in [-0.15, -0.1) is 0 Å². The first kappa shape index (κ1) is 64.0. The Bertz CT molecular complexity index is 7010. The van der Waals surface area contributed by atoms with Crippen molar-refractivity contribution in [1.82, 2.24) is 0 Å². The molecule has 0 N–H and O–H groups in total. The van der Waals surface area contributed by atoms with Crippen LogP contribution in [0.5, 0.6) is 0 Å². The van der Waals surface area contributed by atoms with E-state index in [1.54, 1.807) is 0 Å². The van der Waals surface area contributed by atoms with Gasteiger partial charge in [-0.3, -0.25) is 0 Å². The number of benzene rings is 19. The summed E-state index contributed by atoms with van der Waals surface area (Å²) in [5, 5.41) is 17.5. The maximum atomic E-state index is 6.48. The van der Waals surface area contributed by atoms with Crippen molar-refractivity contribution in [2.75, 3.05) is 0 Å². The molecule has 1 nitrogen and oxygen atoms in total. The number of hydrogen-bond donors (Lipinski definition) is 0. The highest BCUT2D eigenvalue weighted by Gasteiger charge is 2.38. The lowest BCUT2D eigenvalue weighted by atomic mass is 9.81. The molecular weight excluding hydrogens is 1310 g/mol. The number of hydrogen-bond acceptors (Lipinski definition) is 1. The third-order valence-corrected chi connectivity index (χ3v) is 24.1. The second-order valence-electron chi connectivity index (χ2n) is 30.9. The average Bonchev–Trinajstić information content (AvgIpc) is 1.58. The molecule has 20 aromatic rings. The van der Waals surface area contributed by atoms with Crippen LogP contribution in [0.25, 0.3) is 198 Å². The summed E-state index contributed by atoms with van der Waals surface area (Å²) in [6, 6.07) is 139. The van der Waals surface area contributed by atoms with Crippen LogP contribution in [-0.4, -0.2) is 0 Å². The van der Waals surface area contributed by atoms with Gasteiger partial charge in [-0.2, -0.15) is 0 Å². The van der Waals surface area contributed by atoms with Gasteiger partial charge in [-0.1, -0.05) is 349 Å². The molecular formula is C108H74O. The van der Waals surface area contributed by atoms with Crippen molar-refractivity contribution in [3.63, 3.8) is 0 Å². The van der Waals surface area contributed by atoms with E-state index in [2.05, 4.69) is 398 Å². The van der Waals surface area contributed by atoms with Crippen LogP contribution in [0.4, 0.5) is 0 Å². The van der Waals surface area contributed by atoms with E-state index in [1.807, 2.05) is 6.07 Å². The van der Waals surface area contributed by atoms with Crippen molar-refractivity contribution in [2.45, 2.75) is 38.5 Å². The normalized spacial score (nSPS) is 13.1. The van der Waals surface area contributed by atoms with Crippen LogP contribution in [-0.2, 0) is 10.8 Å². The van der Waals surface area contributed by atoms with Crippen molar-refractivity contribution in [3.8, 4) is 111 Å². The van der Waals surface area contributed by atoms with E-state index in [0.29, 0.717) is 0 Å². The van der Waals surface area contributed by atoms with E-state index >= 15 is 0 Å². The van der Waals surface area contributed by atoms with Gasteiger partial charge in [0, 0.05) is 27.2 Å². The van der Waals surface area contributed by atoms with Crippen LogP contribution in [0.3, 0.4) is 0 Å². The van der Waals surface area contributed by atoms with Gasteiger partial charge in [0.25, 0.3) is 0 Å². The minimum Gasteiger partial charge on any atom is -0.455 e. The Morgan fingerprint density at radius 2 is 0.468 bits per heavy atom. The first-order valence-electron chi connectivity index (χ1n) is 38.2. The highest BCUT2D eigenvalue weighted by atomic mass is 16.3. The molecule has 2 aliphatic carbocycles. The summed E-state index contributed by atoms with van der Waals surface area (Å²) in [5.74, 6) is 0. The Kier molecular flexibility index (Phi) is 14.7. The molecule has 2 aliphatic rings. The summed E-state index contributed by atoms with van der Waals surface area (Å²) < 4.78 is 6.48. The average molecular weight is 1390 g/mol. The van der Waals surface area contributed by atoms with Gasteiger partial charge in [0.05, 0.1) is 0 Å². The first-order chi connectivity index (χ1) is 53.6. The Labute approximate surface area is 634 Å². The molecule has 0 bridgehead atoms. The highest BCUT2D eigenvalue weighted by Crippen LogP contribution is 2.54. The van der Waals surface area contributed by atoms with E-state index in [-0.39, 0.29) is 10.8 Å². The Balaban J connectivity index is 0.000000140. The molecule has 109 heavy (non-hydrogen) atoms. The maximum absolute atomic E-state index is 6.48. The zero-order valence-corrected chi connectivity index (χ0v) is 61.2. The number of furan rings is 1. The summed E-state index contributed by atoms with van der Waals surface area (Å²) in [5.41, 5.74) is 32.4. The van der Waals surface area contributed by atoms with Crippen molar-refractivity contribution in [1.29, 1.82) is 0 Å². The Morgan fingerprint density at radius 3 is 0.917 bits per heavy atom. The SMILES string of the molecule is CC1(C)c2ccc(-c3ccc(-c4c5ccccc5c(-c5cccc(-c6cccc7c6oc6ccccc67)c5)c5ccccc45)cc3)cc2-c2cc3ccccc3cc21.CC1(C)c2ccc(-c3ccc(-c4c5ccccc5c(-c5cccc(-c6ccccc6)c5)c5ccccc45)cc3)cc2-c2cc3ccccc3cc21. The lowest BCUT2D eigenvalue weighted by Gasteiger charge is -2.22. The summed E-state index contributed by atoms with van der Waals surface area (Å²) in [4.78, 5) is 0. The van der Waals surface area contributed by atoms with Gasteiger partial charge < -0.3 is 4.42 Å². The van der Waals surface area contributed by atoms with Crippen LogP contribution in [0.1, 0.15) is 49.9 Å². The third-order valence-electron chi connectivity index (χ3n) is 24.1. The molecule has 0 saturated heterocycles. The minimum atomic E-state index is -0.0464. The quantitative estimate of drug-likeness (QED) is 0.138. The van der Waals surface area contributed by atoms with Gasteiger partial charge in [-0.25, -0.2) is 0 Å². The fourth-order valence-electron chi connectivity index (χ4n) is 18.7. The first-order valence-corrected chi connectivity index (χ1v) is 38.2. The van der Waals surface area contributed by atoms with Crippen LogP contribution in [0.15, 0.2) is 381 Å². The zero-order valence-electron chi connectivity index (χ0n) is 61.2. The van der Waals surface area contributed by atoms with Crippen molar-refractivity contribution in [3.05, 3.63) is 398 Å². The molecule has 0 fully saturated rings. The molecule has 0 unspecified atom stereocenters. The fourth-order valence-corrected chi connectivity index (χ4v) is 18.7. The van der Waals surface area contributed by atoms with E-state index < -0.39 is 0 Å². The van der Waals surface area contributed by atoms with Crippen molar-refractivity contribution >= 4 is 86.6 Å². The predicted octanol–water partition coefficient (Wildman–Crippen LogP) is 30.1. The van der Waals surface area contributed by atoms with Gasteiger partial charge in [-0.05, 0) is 247 Å². The molecule has 512 valence electrons. The number of rotatable bonds is 8. The molecule has 22 rings (SSSR count). The summed E-state index contributed by atoms with van der Waals surface area (Å²) in [7, 11) is 0. The summed E-state index contributed by atoms with van der Waals surface area (Å²) in [6.07, 6.45) is 0. The number of para-hydroxylation sites is 2. The highest BCUT2D eigenvalue weighted by molar-refractivity contribution is 6.23. The lowest BCUT2D eigenvalue weighted by Crippen LogP contribution is -2.14. The molecule has 0 spiro atoms. The second-order valence-corrected chi connectivity index (χ2v) is 30.9. The van der Waals surface area contributed by atoms with Crippen LogP contribution < -0.4 is 0 Å². The molecule has 1 heterocycles. The summed E-state index contributed by atoms with van der Waals surface area (Å²) >= 11 is 0. The van der Waals surface area contributed by atoms with E-state index in [9.17, 15) is 0 Å². The van der Waals surface area contributed by atoms with Gasteiger partial charge >= 0.3 is 0 Å².